The molecule has 0 fully saturated rings. The molecule has 0 atom stereocenters. The van der Waals surface area contributed by atoms with Crippen LogP contribution in [0.1, 0.15) is 0 Å². The van der Waals surface area contributed by atoms with Gasteiger partial charge in [-0.2, -0.15) is 0 Å². The molecule has 2 aliphatic rings. The second-order valence-electron chi connectivity index (χ2n) is 1.99. The van der Waals surface area contributed by atoms with Crippen molar-refractivity contribution < 1.29 is 0 Å². The molecule has 0 aromatic heterocycles. The van der Waals surface area contributed by atoms with Crippen LogP contribution in [0.25, 0.3) is 0 Å². The largest absolute Gasteiger partial charge is 0.294 e. The fraction of sp³-hybridized carbons (Fsp3) is 0. The lowest BCUT2D eigenvalue weighted by molar-refractivity contribution is 0.925. The van der Waals surface area contributed by atoms with E-state index in [-0.39, 0.29) is 5.43 Å². The minimum absolute atomic E-state index is 0.0284. The zero-order valence-corrected chi connectivity index (χ0v) is 5.09. The van der Waals surface area contributed by atoms with E-state index in [2.05, 4.69) is 15.2 Å². The molecule has 0 amide bonds. The molecular weight excluding hydrogens is 130 g/mol. The van der Waals surface area contributed by atoms with E-state index in [1.54, 1.807) is 6.07 Å². The third-order valence-electron chi connectivity index (χ3n) is 1.36. The molecule has 4 nitrogen and oxygen atoms in total. The van der Waals surface area contributed by atoms with Crippen LogP contribution in [-0.2, 0) is 0 Å². The van der Waals surface area contributed by atoms with Crippen molar-refractivity contribution in [3.63, 3.8) is 0 Å². The van der Waals surface area contributed by atoms with Gasteiger partial charge in [-0.1, -0.05) is 0 Å². The molecule has 2 N–H and O–H groups in total. The summed E-state index contributed by atoms with van der Waals surface area (Å²) in [6, 6.07) is 3.17. The van der Waals surface area contributed by atoms with E-state index in [0.29, 0.717) is 10.7 Å². The van der Waals surface area contributed by atoms with Gasteiger partial charge in [-0.3, -0.25) is 15.0 Å². The molecule has 0 bridgehead atoms. The van der Waals surface area contributed by atoms with E-state index in [9.17, 15) is 4.79 Å². The van der Waals surface area contributed by atoms with Gasteiger partial charge in [0.1, 0.15) is 11.7 Å². The molecule has 0 unspecified atom stereocenters. The smallest absolute Gasteiger partial charge is 0.205 e. The van der Waals surface area contributed by atoms with Crippen molar-refractivity contribution in [2.24, 2.45) is 0 Å². The van der Waals surface area contributed by atoms with Crippen molar-refractivity contribution in [3.05, 3.63) is 39.4 Å². The summed E-state index contributed by atoms with van der Waals surface area (Å²) >= 11 is 0. The summed E-state index contributed by atoms with van der Waals surface area (Å²) in [6.45, 7) is 0. The predicted molar refractivity (Wildman–Crippen MR) is 34.5 cm³/mol. The van der Waals surface area contributed by atoms with E-state index in [1.165, 1.54) is 12.4 Å². The van der Waals surface area contributed by atoms with E-state index in [1.807, 2.05) is 0 Å². The number of aromatic amines is 2. The van der Waals surface area contributed by atoms with Crippen LogP contribution in [0.3, 0.4) is 0 Å². The Hall–Kier alpha value is -1.58. The lowest BCUT2D eigenvalue weighted by Gasteiger charge is -1.82. The zero-order valence-electron chi connectivity index (χ0n) is 5.09. The molecule has 1 aliphatic heterocycles. The van der Waals surface area contributed by atoms with E-state index < -0.39 is 0 Å². The second kappa shape index (κ2) is 1.70. The number of hydrogen-bond acceptors (Lipinski definition) is 2. The number of hydrogen-bond donors (Lipinski definition) is 2. The summed E-state index contributed by atoms with van der Waals surface area (Å²) < 4.78 is 0. The fourth-order valence-electron chi connectivity index (χ4n) is 0.887. The molecule has 0 saturated heterocycles. The molecule has 4 heteroatoms. The number of nitrogens with zero attached hydrogens (tertiary/aromatic N) is 1. The lowest BCUT2D eigenvalue weighted by atomic mass is 10.6. The zero-order chi connectivity index (χ0) is 6.97. The summed E-state index contributed by atoms with van der Waals surface area (Å²) in [6.07, 6.45) is 1.50. The van der Waals surface area contributed by atoms with Gasteiger partial charge < -0.3 is 0 Å². The maximum atomic E-state index is 10.9. The Morgan fingerprint density at radius 2 is 2.30 bits per heavy atom. The van der Waals surface area contributed by atoms with E-state index in [4.69, 9.17) is 0 Å². The molecule has 1 heterocycles. The third-order valence-corrected chi connectivity index (χ3v) is 1.36. The first-order valence-corrected chi connectivity index (χ1v) is 2.89. The highest BCUT2D eigenvalue weighted by Crippen LogP contribution is 1.83. The molecule has 2 rings (SSSR count). The highest BCUT2D eigenvalue weighted by molar-refractivity contribution is 5.03. The molecule has 0 aromatic rings. The molecule has 0 spiro atoms. The lowest BCUT2D eigenvalue weighted by Crippen LogP contribution is -1.98. The Kier molecular flexibility index (Phi) is 0.887. The average molecular weight is 135 g/mol. The number of nitrogens with one attached hydrogen (secondary N) is 2. The minimum atomic E-state index is -0.0284. The van der Waals surface area contributed by atoms with Crippen LogP contribution < -0.4 is 5.43 Å². The van der Waals surface area contributed by atoms with Crippen molar-refractivity contribution in [2.75, 3.05) is 0 Å². The summed E-state index contributed by atoms with van der Waals surface area (Å²) in [5, 5.41) is 6.55. The van der Waals surface area contributed by atoms with Crippen molar-refractivity contribution in [2.45, 2.75) is 0 Å². The van der Waals surface area contributed by atoms with Gasteiger partial charge in [0.05, 0.1) is 5.35 Å². The normalized spacial score (nSPS) is 10.4. The van der Waals surface area contributed by atoms with E-state index >= 15 is 0 Å². The summed E-state index contributed by atoms with van der Waals surface area (Å²) in [4.78, 5) is 14.8. The maximum absolute atomic E-state index is 10.9. The number of H-pyrrole nitrogens is 2. The summed E-state index contributed by atoms with van der Waals surface area (Å²) in [5.41, 5.74) is -0.0284. The van der Waals surface area contributed by atoms with Gasteiger partial charge in [-0.25, -0.2) is 4.98 Å². The van der Waals surface area contributed by atoms with Gasteiger partial charge in [0.2, 0.25) is 5.43 Å². The van der Waals surface area contributed by atoms with Crippen LogP contribution in [0.15, 0.2) is 23.3 Å². The topological polar surface area (TPSA) is 61.5 Å². The quantitative estimate of drug-likeness (QED) is 0.526. The van der Waals surface area contributed by atoms with Gasteiger partial charge in [-0.05, 0) is 12.1 Å². The Labute approximate surface area is 55.6 Å². The standard InChI is InChI=1S/C6H5N3O/c10-5-2-1-4-6(5)9-8-3-7-4/h1-3,9H,(H,7,8). The molecule has 10 heavy (non-hydrogen) atoms. The Morgan fingerprint density at radius 3 is 3.10 bits per heavy atom. The fourth-order valence-corrected chi connectivity index (χ4v) is 0.887. The van der Waals surface area contributed by atoms with Crippen LogP contribution >= 0.6 is 0 Å². The Bertz CT molecular complexity index is 441. The van der Waals surface area contributed by atoms with Crippen molar-refractivity contribution in [1.29, 1.82) is 0 Å². The second-order valence-corrected chi connectivity index (χ2v) is 1.99. The van der Waals surface area contributed by atoms with Crippen molar-refractivity contribution in [1.82, 2.24) is 15.2 Å². The third kappa shape index (κ3) is 0.556. The molecule has 1 aliphatic carbocycles. The predicted octanol–water partition coefficient (Wildman–Crippen LogP) is -0.177. The molecule has 0 aromatic carbocycles. The SMILES string of the molecule is O=c1ccc2nc[nH][nH]c1=2. The van der Waals surface area contributed by atoms with Gasteiger partial charge >= 0.3 is 0 Å². The first-order valence-electron chi connectivity index (χ1n) is 2.89. The average Bonchev–Trinajstić information content (AvgIpc) is 2.34. The highest BCUT2D eigenvalue weighted by atomic mass is 16.1. The first kappa shape index (κ1) is 5.22. The van der Waals surface area contributed by atoms with E-state index in [0.717, 1.165) is 0 Å². The summed E-state index contributed by atoms with van der Waals surface area (Å²) in [5.74, 6) is 0. The van der Waals surface area contributed by atoms with Gasteiger partial charge in [0.15, 0.2) is 0 Å². The van der Waals surface area contributed by atoms with Crippen LogP contribution in [0.2, 0.25) is 0 Å². The Balaban J connectivity index is 3.21. The van der Waals surface area contributed by atoms with Crippen LogP contribution in [-0.4, -0.2) is 15.2 Å². The Morgan fingerprint density at radius 1 is 1.40 bits per heavy atom. The van der Waals surface area contributed by atoms with Crippen molar-refractivity contribution in [3.8, 4) is 0 Å². The van der Waals surface area contributed by atoms with Gasteiger partial charge in [0.25, 0.3) is 0 Å². The van der Waals surface area contributed by atoms with Gasteiger partial charge in [-0.15, -0.1) is 0 Å². The molecule has 0 radical (unpaired) electrons. The number of rotatable bonds is 0. The summed E-state index contributed by atoms with van der Waals surface area (Å²) in [7, 11) is 0. The maximum Gasteiger partial charge on any atom is 0.205 e. The first-order chi connectivity index (χ1) is 4.88. The molecule has 0 saturated carbocycles. The monoisotopic (exact) mass is 135 g/mol. The van der Waals surface area contributed by atoms with Crippen molar-refractivity contribution >= 4 is 0 Å². The minimum Gasteiger partial charge on any atom is -0.294 e. The molecule has 50 valence electrons. The van der Waals surface area contributed by atoms with Gasteiger partial charge in [0, 0.05) is 0 Å². The number of aromatic nitrogens is 3. The van der Waals surface area contributed by atoms with Crippen LogP contribution in [0.5, 0.6) is 0 Å². The van der Waals surface area contributed by atoms with Crippen LogP contribution in [0.4, 0.5) is 0 Å². The molecular formula is C6H5N3O. The van der Waals surface area contributed by atoms with Crippen LogP contribution in [0, 0.1) is 10.7 Å². The highest BCUT2D eigenvalue weighted by Gasteiger charge is 1.92.